The van der Waals surface area contributed by atoms with E-state index in [2.05, 4.69) is 0 Å². The third-order valence-corrected chi connectivity index (χ3v) is 5.61. The number of allylic oxidation sites excluding steroid dienone is 1. The van der Waals surface area contributed by atoms with Gasteiger partial charge in [-0.3, -0.25) is 0 Å². The number of fused-ring (bicyclic) bond motifs is 1. The van der Waals surface area contributed by atoms with Crippen LogP contribution in [-0.4, -0.2) is 25.8 Å². The van der Waals surface area contributed by atoms with Gasteiger partial charge >= 0.3 is 0 Å². The van der Waals surface area contributed by atoms with Gasteiger partial charge in [0.1, 0.15) is 11.6 Å². The zero-order valence-electron chi connectivity index (χ0n) is 15.0. The van der Waals surface area contributed by atoms with E-state index in [-0.39, 0.29) is 29.6 Å². The summed E-state index contributed by atoms with van der Waals surface area (Å²) < 4.78 is 53.2. The highest BCUT2D eigenvalue weighted by Crippen LogP contribution is 2.36. The van der Waals surface area contributed by atoms with Crippen molar-refractivity contribution < 1.29 is 17.2 Å². The second-order valence-corrected chi connectivity index (χ2v) is 8.41. The van der Waals surface area contributed by atoms with Gasteiger partial charge in [0.25, 0.3) is 0 Å². The summed E-state index contributed by atoms with van der Waals surface area (Å²) in [6, 6.07) is 10.7. The zero-order chi connectivity index (χ0) is 19.8. The van der Waals surface area contributed by atoms with Gasteiger partial charge in [-0.25, -0.2) is 17.2 Å². The van der Waals surface area contributed by atoms with Crippen molar-refractivity contribution in [2.24, 2.45) is 5.73 Å². The summed E-state index contributed by atoms with van der Waals surface area (Å²) in [5.41, 5.74) is 8.31. The highest BCUT2D eigenvalue weighted by Gasteiger charge is 2.19. The number of halogens is 2. The Balaban J connectivity index is 2.32. The molecule has 0 aliphatic carbocycles. The molecule has 0 amide bonds. The Hall–Kier alpha value is -2.51. The van der Waals surface area contributed by atoms with Crippen molar-refractivity contribution in [3.05, 3.63) is 65.9 Å². The van der Waals surface area contributed by atoms with Crippen molar-refractivity contribution in [2.45, 2.75) is 18.4 Å². The first kappa shape index (κ1) is 19.3. The number of sulfone groups is 1. The van der Waals surface area contributed by atoms with Gasteiger partial charge in [-0.2, -0.15) is 0 Å². The fraction of sp³-hybridized carbons (Fsp3) is 0.200. The van der Waals surface area contributed by atoms with E-state index in [1.165, 1.54) is 24.3 Å². The van der Waals surface area contributed by atoms with Gasteiger partial charge < -0.3 is 10.3 Å². The number of nitrogens with zero attached hydrogens (tertiary/aromatic N) is 1. The Morgan fingerprint density at radius 1 is 1.19 bits per heavy atom. The molecule has 1 heterocycles. The summed E-state index contributed by atoms with van der Waals surface area (Å²) in [5, 5.41) is 0.669. The maximum atomic E-state index is 14.1. The molecular formula is C20H20F2N2O2S. The summed E-state index contributed by atoms with van der Waals surface area (Å²) in [6.07, 6.45) is 2.44. The van der Waals surface area contributed by atoms with E-state index < -0.39 is 9.84 Å². The van der Waals surface area contributed by atoms with Gasteiger partial charge in [0.15, 0.2) is 9.84 Å². The molecule has 0 atom stereocenters. The lowest BCUT2D eigenvalue weighted by Crippen LogP contribution is -2.03. The molecule has 0 radical (unpaired) electrons. The Morgan fingerprint density at radius 3 is 2.44 bits per heavy atom. The van der Waals surface area contributed by atoms with Crippen LogP contribution in [0.15, 0.2) is 59.3 Å². The van der Waals surface area contributed by atoms with Gasteiger partial charge in [-0.1, -0.05) is 12.1 Å². The third-order valence-electron chi connectivity index (χ3n) is 4.50. The fourth-order valence-corrected chi connectivity index (χ4v) is 3.87. The molecule has 0 spiro atoms. The van der Waals surface area contributed by atoms with Crippen LogP contribution < -0.4 is 5.73 Å². The molecule has 7 heteroatoms. The van der Waals surface area contributed by atoms with Gasteiger partial charge in [0.05, 0.1) is 11.4 Å². The summed E-state index contributed by atoms with van der Waals surface area (Å²) >= 11 is 0. The van der Waals surface area contributed by atoms with Crippen LogP contribution in [0.5, 0.6) is 0 Å². The fourth-order valence-electron chi connectivity index (χ4n) is 3.22. The first-order valence-electron chi connectivity index (χ1n) is 8.36. The SMILES string of the molecule is Cc1c(-c2ccc(F)cc2)c2cc(S(C)(=O)=O)ccc2n1C/C(F)=C/CN. The molecule has 3 aromatic rings. The molecule has 27 heavy (non-hydrogen) atoms. The number of aromatic nitrogens is 1. The van der Waals surface area contributed by atoms with Crippen molar-refractivity contribution in [1.29, 1.82) is 0 Å². The van der Waals surface area contributed by atoms with E-state index in [0.717, 1.165) is 23.1 Å². The van der Waals surface area contributed by atoms with E-state index in [1.54, 1.807) is 28.8 Å². The molecule has 3 rings (SSSR count). The number of hydrogen-bond donors (Lipinski definition) is 1. The first-order valence-corrected chi connectivity index (χ1v) is 10.2. The van der Waals surface area contributed by atoms with Crippen molar-refractivity contribution in [3.63, 3.8) is 0 Å². The third kappa shape index (κ3) is 3.79. The lowest BCUT2D eigenvalue weighted by Gasteiger charge is -2.08. The predicted molar refractivity (Wildman–Crippen MR) is 103 cm³/mol. The summed E-state index contributed by atoms with van der Waals surface area (Å²) in [4.78, 5) is 0.175. The Morgan fingerprint density at radius 2 is 1.85 bits per heavy atom. The van der Waals surface area contributed by atoms with Crippen molar-refractivity contribution >= 4 is 20.7 Å². The number of benzene rings is 2. The van der Waals surface area contributed by atoms with Crippen molar-refractivity contribution in [3.8, 4) is 11.1 Å². The average molecular weight is 390 g/mol. The number of nitrogens with two attached hydrogens (primary N) is 1. The minimum Gasteiger partial charge on any atom is -0.337 e. The van der Waals surface area contributed by atoms with Crippen molar-refractivity contribution in [1.82, 2.24) is 4.57 Å². The highest BCUT2D eigenvalue weighted by atomic mass is 32.2. The van der Waals surface area contributed by atoms with Crippen LogP contribution >= 0.6 is 0 Å². The molecule has 0 fully saturated rings. The largest absolute Gasteiger partial charge is 0.337 e. The minimum atomic E-state index is -3.41. The van der Waals surface area contributed by atoms with E-state index in [4.69, 9.17) is 5.73 Å². The van der Waals surface area contributed by atoms with Gasteiger partial charge in [-0.05, 0) is 48.9 Å². The topological polar surface area (TPSA) is 65.1 Å². The molecule has 142 valence electrons. The molecule has 0 saturated heterocycles. The van der Waals surface area contributed by atoms with E-state index in [0.29, 0.717) is 10.9 Å². The summed E-state index contributed by atoms with van der Waals surface area (Å²) in [5.74, 6) is -0.746. The van der Waals surface area contributed by atoms with Gasteiger partial charge in [0.2, 0.25) is 0 Å². The maximum absolute atomic E-state index is 14.1. The standard InChI is InChI=1S/C20H20F2N2O2S/c1-13-20(14-3-5-15(21)6-4-14)18-11-17(27(2,25)26)7-8-19(18)24(13)12-16(22)9-10-23/h3-9,11H,10,12,23H2,1-2H3/b16-9-. The minimum absolute atomic E-state index is 0.0149. The zero-order valence-corrected chi connectivity index (χ0v) is 15.9. The molecule has 1 aromatic heterocycles. The molecule has 0 aliphatic heterocycles. The Bertz CT molecular complexity index is 1130. The monoisotopic (exact) mass is 390 g/mol. The summed E-state index contributed by atoms with van der Waals surface area (Å²) in [7, 11) is -3.41. The van der Waals surface area contributed by atoms with Crippen LogP contribution in [0.1, 0.15) is 5.69 Å². The number of hydrogen-bond acceptors (Lipinski definition) is 3. The van der Waals surface area contributed by atoms with Crippen LogP contribution in [0.2, 0.25) is 0 Å². The van der Waals surface area contributed by atoms with Crippen LogP contribution in [0, 0.1) is 12.7 Å². The molecule has 0 unspecified atom stereocenters. The van der Waals surface area contributed by atoms with E-state index >= 15 is 0 Å². The van der Waals surface area contributed by atoms with Crippen LogP contribution in [-0.2, 0) is 16.4 Å². The Labute approximate surface area is 156 Å². The summed E-state index contributed by atoms with van der Waals surface area (Å²) in [6.45, 7) is 1.90. The smallest absolute Gasteiger partial charge is 0.175 e. The molecule has 0 saturated carbocycles. The molecular weight excluding hydrogens is 370 g/mol. The van der Waals surface area contributed by atoms with Crippen LogP contribution in [0.3, 0.4) is 0 Å². The quantitative estimate of drug-likeness (QED) is 0.717. The molecule has 2 N–H and O–H groups in total. The maximum Gasteiger partial charge on any atom is 0.175 e. The first-order chi connectivity index (χ1) is 12.7. The molecule has 4 nitrogen and oxygen atoms in total. The van der Waals surface area contributed by atoms with Crippen LogP contribution in [0.25, 0.3) is 22.0 Å². The second kappa shape index (κ2) is 7.25. The predicted octanol–water partition coefficient (Wildman–Crippen LogP) is 3.97. The Kier molecular flexibility index (Phi) is 5.17. The number of rotatable bonds is 5. The van der Waals surface area contributed by atoms with Gasteiger partial charge in [-0.15, -0.1) is 0 Å². The molecule has 0 bridgehead atoms. The van der Waals surface area contributed by atoms with Crippen molar-refractivity contribution in [2.75, 3.05) is 12.8 Å². The van der Waals surface area contributed by atoms with Gasteiger partial charge in [0, 0.05) is 35.0 Å². The lowest BCUT2D eigenvalue weighted by atomic mass is 10.0. The normalized spacial score (nSPS) is 12.7. The highest BCUT2D eigenvalue weighted by molar-refractivity contribution is 7.90. The van der Waals surface area contributed by atoms with Crippen LogP contribution in [0.4, 0.5) is 8.78 Å². The molecule has 2 aromatic carbocycles. The molecule has 0 aliphatic rings. The van der Waals surface area contributed by atoms with E-state index in [9.17, 15) is 17.2 Å². The second-order valence-electron chi connectivity index (χ2n) is 6.39. The average Bonchev–Trinajstić information content (AvgIpc) is 2.87. The lowest BCUT2D eigenvalue weighted by molar-refractivity contribution is 0.555. The van der Waals surface area contributed by atoms with E-state index in [1.807, 2.05) is 6.92 Å².